The molecule has 18 heavy (non-hydrogen) atoms. The number of nitrogens with zero attached hydrogens (tertiary/aromatic N) is 1. The van der Waals surface area contributed by atoms with Gasteiger partial charge in [-0.15, -0.1) is 0 Å². The Morgan fingerprint density at radius 2 is 2.17 bits per heavy atom. The van der Waals surface area contributed by atoms with Gasteiger partial charge in [0.15, 0.2) is 5.96 Å². The molecule has 2 rings (SSSR count). The first-order valence-electron chi connectivity index (χ1n) is 7.25. The molecule has 0 unspecified atom stereocenters. The van der Waals surface area contributed by atoms with Crippen LogP contribution < -0.4 is 11.1 Å². The van der Waals surface area contributed by atoms with Crippen LogP contribution in [0.15, 0.2) is 4.99 Å². The monoisotopic (exact) mass is 253 g/mol. The van der Waals surface area contributed by atoms with Gasteiger partial charge in [0.05, 0.1) is 12.1 Å². The van der Waals surface area contributed by atoms with E-state index in [0.717, 1.165) is 19.4 Å². The topological polar surface area (TPSA) is 59.6 Å². The van der Waals surface area contributed by atoms with Crippen molar-refractivity contribution in [3.8, 4) is 0 Å². The van der Waals surface area contributed by atoms with Crippen LogP contribution in [0.25, 0.3) is 0 Å². The second-order valence-electron chi connectivity index (χ2n) is 6.22. The average molecular weight is 253 g/mol. The van der Waals surface area contributed by atoms with E-state index in [1.165, 1.54) is 19.3 Å². The van der Waals surface area contributed by atoms with Crippen molar-refractivity contribution in [2.75, 3.05) is 6.61 Å². The van der Waals surface area contributed by atoms with Gasteiger partial charge in [-0.2, -0.15) is 0 Å². The molecule has 0 aromatic heterocycles. The molecule has 0 spiro atoms. The van der Waals surface area contributed by atoms with E-state index in [9.17, 15) is 0 Å². The maximum atomic E-state index is 5.91. The summed E-state index contributed by atoms with van der Waals surface area (Å²) in [5.41, 5.74) is 6.03. The second-order valence-corrected chi connectivity index (χ2v) is 6.22. The number of rotatable bonds is 6. The zero-order valence-electron chi connectivity index (χ0n) is 11.9. The van der Waals surface area contributed by atoms with Gasteiger partial charge in [-0.25, -0.2) is 4.99 Å². The highest BCUT2D eigenvalue weighted by Gasteiger charge is 2.49. The van der Waals surface area contributed by atoms with Crippen LogP contribution in [0.1, 0.15) is 52.9 Å². The van der Waals surface area contributed by atoms with E-state index in [2.05, 4.69) is 31.1 Å². The van der Waals surface area contributed by atoms with Crippen LogP contribution in [-0.2, 0) is 4.74 Å². The molecule has 2 aliphatic rings. The highest BCUT2D eigenvalue weighted by Crippen LogP contribution is 2.44. The number of nitrogens with one attached hydrogen (secondary N) is 1. The highest BCUT2D eigenvalue weighted by atomic mass is 16.5. The van der Waals surface area contributed by atoms with Crippen LogP contribution in [-0.4, -0.2) is 30.8 Å². The second kappa shape index (κ2) is 5.47. The van der Waals surface area contributed by atoms with Gasteiger partial charge in [-0.3, -0.25) is 0 Å². The summed E-state index contributed by atoms with van der Waals surface area (Å²) in [6.07, 6.45) is 6.13. The Morgan fingerprint density at radius 1 is 1.44 bits per heavy atom. The van der Waals surface area contributed by atoms with Crippen molar-refractivity contribution in [3.05, 3.63) is 0 Å². The minimum absolute atomic E-state index is 0.115. The molecule has 2 atom stereocenters. The minimum Gasteiger partial charge on any atom is -0.377 e. The third kappa shape index (κ3) is 3.16. The maximum absolute atomic E-state index is 5.91. The molecule has 0 saturated heterocycles. The lowest BCUT2D eigenvalue weighted by Gasteiger charge is -2.49. The molecule has 104 valence electrons. The van der Waals surface area contributed by atoms with Crippen LogP contribution in [0.4, 0.5) is 0 Å². The van der Waals surface area contributed by atoms with E-state index in [1.54, 1.807) is 0 Å². The molecule has 0 bridgehead atoms. The highest BCUT2D eigenvalue weighted by molar-refractivity contribution is 5.78. The van der Waals surface area contributed by atoms with Gasteiger partial charge in [-0.1, -0.05) is 27.2 Å². The van der Waals surface area contributed by atoms with Crippen LogP contribution in [0.3, 0.4) is 0 Å². The molecule has 2 saturated carbocycles. The number of hydrogen-bond donors (Lipinski definition) is 2. The van der Waals surface area contributed by atoms with E-state index in [0.29, 0.717) is 24.1 Å². The average Bonchev–Trinajstić information content (AvgIpc) is 3.11. The summed E-state index contributed by atoms with van der Waals surface area (Å²) in [6, 6.07) is 0.879. The summed E-state index contributed by atoms with van der Waals surface area (Å²) in [5.74, 6) is 0.614. The fraction of sp³-hybridized carbons (Fsp3) is 0.929. The molecule has 0 radical (unpaired) electrons. The predicted molar refractivity (Wildman–Crippen MR) is 74.6 cm³/mol. The van der Waals surface area contributed by atoms with Crippen LogP contribution in [0, 0.1) is 5.41 Å². The van der Waals surface area contributed by atoms with Gasteiger partial charge in [0.1, 0.15) is 0 Å². The first kappa shape index (κ1) is 13.7. The zero-order chi connectivity index (χ0) is 13.2. The lowest BCUT2D eigenvalue weighted by molar-refractivity contribution is -0.107. The number of ether oxygens (including phenoxy) is 1. The summed E-state index contributed by atoms with van der Waals surface area (Å²) in [6.45, 7) is 7.51. The first-order chi connectivity index (χ1) is 8.54. The minimum atomic E-state index is 0.115. The van der Waals surface area contributed by atoms with Crippen molar-refractivity contribution in [1.29, 1.82) is 0 Å². The van der Waals surface area contributed by atoms with Crippen molar-refractivity contribution in [2.24, 2.45) is 16.1 Å². The SMILES string of the molecule is CCCCO[C@@H]1C[C@@H](N=C(N)NC2CC2)C1(C)C. The largest absolute Gasteiger partial charge is 0.377 e. The Labute approximate surface area is 110 Å². The molecule has 3 N–H and O–H groups in total. The Morgan fingerprint density at radius 3 is 2.72 bits per heavy atom. The molecule has 0 aromatic rings. The maximum Gasteiger partial charge on any atom is 0.189 e. The van der Waals surface area contributed by atoms with Crippen LogP contribution >= 0.6 is 0 Å². The zero-order valence-corrected chi connectivity index (χ0v) is 11.9. The fourth-order valence-corrected chi connectivity index (χ4v) is 2.38. The van der Waals surface area contributed by atoms with Crippen molar-refractivity contribution in [3.63, 3.8) is 0 Å². The quantitative estimate of drug-likeness (QED) is 0.432. The summed E-state index contributed by atoms with van der Waals surface area (Å²) in [4.78, 5) is 4.60. The third-order valence-corrected chi connectivity index (χ3v) is 4.17. The van der Waals surface area contributed by atoms with Gasteiger partial charge in [0.25, 0.3) is 0 Å². The van der Waals surface area contributed by atoms with Crippen LogP contribution in [0.5, 0.6) is 0 Å². The number of aliphatic imine (C=N–C) groups is 1. The molecule has 0 heterocycles. The van der Waals surface area contributed by atoms with Crippen molar-refractivity contribution >= 4 is 5.96 Å². The van der Waals surface area contributed by atoms with Crippen molar-refractivity contribution in [2.45, 2.75) is 71.1 Å². The first-order valence-corrected chi connectivity index (χ1v) is 7.25. The lowest BCUT2D eigenvalue weighted by Crippen LogP contribution is -2.55. The molecular formula is C14H27N3O. The predicted octanol–water partition coefficient (Wildman–Crippen LogP) is 2.04. The summed E-state index contributed by atoms with van der Waals surface area (Å²) in [7, 11) is 0. The van der Waals surface area contributed by atoms with E-state index in [4.69, 9.17) is 10.5 Å². The van der Waals surface area contributed by atoms with Crippen molar-refractivity contribution in [1.82, 2.24) is 5.32 Å². The Kier molecular flexibility index (Phi) is 4.15. The van der Waals surface area contributed by atoms with Gasteiger partial charge in [0.2, 0.25) is 0 Å². The number of hydrogen-bond acceptors (Lipinski definition) is 2. The number of guanidine groups is 1. The molecule has 4 heteroatoms. The third-order valence-electron chi connectivity index (χ3n) is 4.17. The van der Waals surface area contributed by atoms with Gasteiger partial charge in [0, 0.05) is 18.1 Å². The van der Waals surface area contributed by atoms with E-state index in [-0.39, 0.29) is 5.41 Å². The lowest BCUT2D eigenvalue weighted by atomic mass is 9.65. The van der Waals surface area contributed by atoms with E-state index >= 15 is 0 Å². The standard InChI is InChI=1S/C14H27N3O/c1-4-5-8-18-12-9-11(14(12,2)3)17-13(15)16-10-6-7-10/h10-12H,4-9H2,1-3H3,(H3,15,16,17)/t11-,12-/m1/s1. The Hall–Kier alpha value is -0.770. The molecule has 2 fully saturated rings. The van der Waals surface area contributed by atoms with Crippen LogP contribution in [0.2, 0.25) is 0 Å². The van der Waals surface area contributed by atoms with Gasteiger partial charge in [-0.05, 0) is 25.7 Å². The smallest absolute Gasteiger partial charge is 0.189 e. The molecule has 0 aromatic carbocycles. The Balaban J connectivity index is 1.78. The van der Waals surface area contributed by atoms with Gasteiger partial charge < -0.3 is 15.8 Å². The number of nitrogens with two attached hydrogens (primary N) is 1. The molecular weight excluding hydrogens is 226 g/mol. The molecule has 0 aliphatic heterocycles. The molecule has 4 nitrogen and oxygen atoms in total. The number of unbranched alkanes of at least 4 members (excludes halogenated alkanes) is 1. The summed E-state index contributed by atoms with van der Waals surface area (Å²) >= 11 is 0. The van der Waals surface area contributed by atoms with E-state index < -0.39 is 0 Å². The molecule has 0 amide bonds. The fourth-order valence-electron chi connectivity index (χ4n) is 2.38. The molecule has 2 aliphatic carbocycles. The Bertz CT molecular complexity index is 310. The van der Waals surface area contributed by atoms with Gasteiger partial charge >= 0.3 is 0 Å². The normalized spacial score (nSPS) is 30.9. The summed E-state index contributed by atoms with van der Waals surface area (Å²) in [5, 5.41) is 3.24. The summed E-state index contributed by atoms with van der Waals surface area (Å²) < 4.78 is 5.91. The van der Waals surface area contributed by atoms with E-state index in [1.807, 2.05) is 0 Å². The van der Waals surface area contributed by atoms with Crippen molar-refractivity contribution < 1.29 is 4.74 Å².